The van der Waals surface area contributed by atoms with Crippen LogP contribution in [0.2, 0.25) is 0 Å². The zero-order valence-electron chi connectivity index (χ0n) is 14.9. The van der Waals surface area contributed by atoms with Gasteiger partial charge in [0.15, 0.2) is 0 Å². The molecule has 158 valence electrons. The summed E-state index contributed by atoms with van der Waals surface area (Å²) in [5.74, 6) is -0.886. The van der Waals surface area contributed by atoms with Gasteiger partial charge in [0, 0.05) is 18.0 Å². The number of nitrogens with one attached hydrogen (secondary N) is 1. The van der Waals surface area contributed by atoms with Crippen molar-refractivity contribution < 1.29 is 36.2 Å². The molecule has 1 aromatic heterocycles. The largest absolute Gasteiger partial charge is 0.447 e. The summed E-state index contributed by atoms with van der Waals surface area (Å²) in [6.07, 6.45) is -4.61. The number of amides is 1. The summed E-state index contributed by atoms with van der Waals surface area (Å²) in [5.41, 5.74) is -5.74. The van der Waals surface area contributed by atoms with Crippen LogP contribution in [0.4, 0.5) is 26.3 Å². The quantitative estimate of drug-likeness (QED) is 0.495. The zero-order chi connectivity index (χ0) is 21.8. The lowest BCUT2D eigenvalue weighted by Crippen LogP contribution is -2.39. The molecule has 0 aliphatic rings. The second-order valence-corrected chi connectivity index (χ2v) is 7.01. The molecule has 0 radical (unpaired) electrons. The first-order chi connectivity index (χ1) is 13.4. The highest BCUT2D eigenvalue weighted by atomic mass is 32.2. The molecule has 2 aromatic rings. The average molecular weight is 438 g/mol. The molecule has 0 unspecified atom stereocenters. The molecule has 2 atom stereocenters. The first kappa shape index (κ1) is 23.0. The summed E-state index contributed by atoms with van der Waals surface area (Å²) in [4.78, 5) is 16.0. The molecule has 4 nitrogen and oxygen atoms in total. The van der Waals surface area contributed by atoms with Gasteiger partial charge in [0.1, 0.15) is 5.03 Å². The topological polar surface area (TPSA) is 62.2 Å². The number of nitrogens with zero attached hydrogens (tertiary/aromatic N) is 1. The Hall–Kier alpha value is -2.27. The normalized spacial score (nSPS) is 14.3. The first-order valence-corrected chi connectivity index (χ1v) is 9.11. The molecule has 2 N–H and O–H groups in total. The van der Waals surface area contributed by atoms with Crippen LogP contribution in [0.5, 0.6) is 0 Å². The second kappa shape index (κ2) is 9.04. The first-order valence-electron chi connectivity index (χ1n) is 8.29. The van der Waals surface area contributed by atoms with Gasteiger partial charge in [-0.1, -0.05) is 19.1 Å². The summed E-state index contributed by atoms with van der Waals surface area (Å²) >= 11 is -0.542. The predicted molar refractivity (Wildman–Crippen MR) is 94.1 cm³/mol. The van der Waals surface area contributed by atoms with Crippen LogP contribution >= 0.6 is 11.8 Å². The van der Waals surface area contributed by atoms with Crippen molar-refractivity contribution in [1.29, 1.82) is 0 Å². The molecule has 1 amide bonds. The lowest BCUT2D eigenvalue weighted by Gasteiger charge is -2.24. The summed E-state index contributed by atoms with van der Waals surface area (Å²) in [5, 5.41) is 12.3. The fraction of sp³-hybridized carbons (Fsp3) is 0.333. The zero-order valence-corrected chi connectivity index (χ0v) is 15.7. The van der Waals surface area contributed by atoms with Crippen LogP contribution in [-0.2, 0) is 6.18 Å². The number of aliphatic hydroxyl groups is 1. The summed E-state index contributed by atoms with van der Waals surface area (Å²) in [6.45, 7) is 1.60. The van der Waals surface area contributed by atoms with Crippen LogP contribution in [0, 0.1) is 0 Å². The maximum absolute atomic E-state index is 12.7. The van der Waals surface area contributed by atoms with Crippen LogP contribution in [-0.4, -0.2) is 27.5 Å². The molecule has 0 aliphatic heterocycles. The summed E-state index contributed by atoms with van der Waals surface area (Å²) in [6, 6.07) is 5.27. The molecule has 0 aliphatic carbocycles. The number of carbonyl (C=O) groups is 1. The Kier molecular flexibility index (Phi) is 7.17. The SMILES string of the molecule is CC[C@@H](NC(=O)c1cccnc1SC(F)(F)F)[C@@H](O)c1ccc(C(F)(F)F)cc1. The van der Waals surface area contributed by atoms with Crippen LogP contribution in [0.25, 0.3) is 0 Å². The minimum absolute atomic E-state index is 0.126. The van der Waals surface area contributed by atoms with Gasteiger partial charge in [0.05, 0.1) is 23.3 Å². The third-order valence-corrected chi connectivity index (χ3v) is 4.70. The van der Waals surface area contributed by atoms with E-state index < -0.39 is 52.1 Å². The van der Waals surface area contributed by atoms with E-state index in [2.05, 4.69) is 10.3 Å². The van der Waals surface area contributed by atoms with Crippen molar-refractivity contribution in [1.82, 2.24) is 10.3 Å². The molecular formula is C18H16F6N2O2S. The van der Waals surface area contributed by atoms with E-state index in [1.807, 2.05) is 0 Å². The van der Waals surface area contributed by atoms with E-state index in [4.69, 9.17) is 0 Å². The summed E-state index contributed by atoms with van der Waals surface area (Å²) in [7, 11) is 0. The van der Waals surface area contributed by atoms with Crippen LogP contribution in [0.3, 0.4) is 0 Å². The highest BCUT2D eigenvalue weighted by Crippen LogP contribution is 2.37. The smallest absolute Gasteiger partial charge is 0.386 e. The van der Waals surface area contributed by atoms with Crippen molar-refractivity contribution in [3.63, 3.8) is 0 Å². The number of benzene rings is 1. The fourth-order valence-corrected chi connectivity index (χ4v) is 3.11. The number of aliphatic hydroxyl groups excluding tert-OH is 1. The molecule has 11 heteroatoms. The Morgan fingerprint density at radius 2 is 1.76 bits per heavy atom. The Morgan fingerprint density at radius 3 is 2.28 bits per heavy atom. The van der Waals surface area contributed by atoms with Crippen molar-refractivity contribution in [2.45, 2.75) is 42.2 Å². The number of rotatable bonds is 6. The highest BCUT2D eigenvalue weighted by molar-refractivity contribution is 8.00. The maximum Gasteiger partial charge on any atom is 0.447 e. The monoisotopic (exact) mass is 438 g/mol. The fourth-order valence-electron chi connectivity index (χ4n) is 2.51. The van der Waals surface area contributed by atoms with Gasteiger partial charge in [-0.25, -0.2) is 4.98 Å². The van der Waals surface area contributed by atoms with Crippen molar-refractivity contribution in [2.75, 3.05) is 0 Å². The molecule has 1 heterocycles. The van der Waals surface area contributed by atoms with Crippen molar-refractivity contribution in [3.8, 4) is 0 Å². The molecule has 0 fully saturated rings. The Balaban J connectivity index is 2.18. The van der Waals surface area contributed by atoms with Crippen molar-refractivity contribution in [3.05, 3.63) is 59.3 Å². The van der Waals surface area contributed by atoms with Crippen molar-refractivity contribution in [2.24, 2.45) is 0 Å². The molecule has 29 heavy (non-hydrogen) atoms. The molecule has 1 aromatic carbocycles. The van der Waals surface area contributed by atoms with Gasteiger partial charge in [0.25, 0.3) is 5.91 Å². The third kappa shape index (κ3) is 6.36. The van der Waals surface area contributed by atoms with E-state index in [0.717, 1.165) is 36.5 Å². The van der Waals surface area contributed by atoms with E-state index in [1.54, 1.807) is 6.92 Å². The molecule has 0 bridgehead atoms. The maximum atomic E-state index is 12.7. The third-order valence-electron chi connectivity index (χ3n) is 3.95. The number of hydrogen-bond acceptors (Lipinski definition) is 4. The number of carbonyl (C=O) groups excluding carboxylic acids is 1. The van der Waals surface area contributed by atoms with Crippen LogP contribution < -0.4 is 5.32 Å². The predicted octanol–water partition coefficient (Wildman–Crippen LogP) is 4.95. The lowest BCUT2D eigenvalue weighted by atomic mass is 9.98. The Labute approximate surface area is 166 Å². The molecule has 2 rings (SSSR count). The van der Waals surface area contributed by atoms with E-state index in [9.17, 15) is 36.2 Å². The lowest BCUT2D eigenvalue weighted by molar-refractivity contribution is -0.137. The van der Waals surface area contributed by atoms with Crippen LogP contribution in [0.1, 0.15) is 40.9 Å². The number of aromatic nitrogens is 1. The average Bonchev–Trinajstić information content (AvgIpc) is 2.64. The van der Waals surface area contributed by atoms with Gasteiger partial charge >= 0.3 is 11.7 Å². The van der Waals surface area contributed by atoms with Gasteiger partial charge < -0.3 is 10.4 Å². The highest BCUT2D eigenvalue weighted by Gasteiger charge is 2.33. The molecule has 0 saturated heterocycles. The van der Waals surface area contributed by atoms with E-state index in [0.29, 0.717) is 0 Å². The molecular weight excluding hydrogens is 422 g/mol. The van der Waals surface area contributed by atoms with Crippen LogP contribution in [0.15, 0.2) is 47.6 Å². The molecule has 0 spiro atoms. The minimum atomic E-state index is -4.65. The summed E-state index contributed by atoms with van der Waals surface area (Å²) < 4.78 is 75.9. The van der Waals surface area contributed by atoms with Gasteiger partial charge in [-0.2, -0.15) is 26.3 Å². The van der Waals surface area contributed by atoms with E-state index in [-0.39, 0.29) is 17.5 Å². The van der Waals surface area contributed by atoms with Gasteiger partial charge in [0.2, 0.25) is 0 Å². The number of halogens is 6. The van der Waals surface area contributed by atoms with Gasteiger partial charge in [-0.05, 0) is 36.2 Å². The molecule has 0 saturated carbocycles. The number of pyridine rings is 1. The Morgan fingerprint density at radius 1 is 1.14 bits per heavy atom. The minimum Gasteiger partial charge on any atom is -0.386 e. The number of hydrogen-bond donors (Lipinski definition) is 2. The van der Waals surface area contributed by atoms with Gasteiger partial charge in [-0.3, -0.25) is 4.79 Å². The Bertz CT molecular complexity index is 839. The standard InChI is InChI=1S/C18H16F6N2O2S/c1-2-13(14(27)10-5-7-11(8-6-10)17(19,20)21)26-15(28)12-4-3-9-25-16(12)29-18(22,23)24/h3-9,13-14,27H,2H2,1H3,(H,26,28)/t13-,14+/m1/s1. The van der Waals surface area contributed by atoms with E-state index in [1.165, 1.54) is 6.07 Å². The van der Waals surface area contributed by atoms with Gasteiger partial charge in [-0.15, -0.1) is 0 Å². The number of alkyl halides is 6. The van der Waals surface area contributed by atoms with E-state index >= 15 is 0 Å². The second-order valence-electron chi connectivity index (χ2n) is 5.96. The number of thioether (sulfide) groups is 1. The van der Waals surface area contributed by atoms with Crippen molar-refractivity contribution >= 4 is 17.7 Å².